The maximum Gasteiger partial charge on any atom is 0.260 e. The van der Waals surface area contributed by atoms with Gasteiger partial charge in [0.1, 0.15) is 11.9 Å². The standard InChI is InChI=1S/C49H50FN7O8/c1-27(2)45(51)47(59)54-28(3)46(58)55-34-13-9-30(10-14-34)32-18-36-24-53-40-22-44(42(63-5)20-38(40)49(61)57(36)26-32)65-16-6-15-64-43-21-39-37(19-41(43)62-4)48(60)56-25-31(17-35(56)23-52-39)29-7-11-33(50)12-8-29/h7-14,19-28,35-36,45H,6,15-18,51H2,1-5H3,(H,54,59)(H,55,58)/t28?,35-,36-,45?/m0/s1. The molecule has 0 saturated carbocycles. The van der Waals surface area contributed by atoms with Gasteiger partial charge >= 0.3 is 0 Å². The Morgan fingerprint density at radius 3 is 1.66 bits per heavy atom. The van der Waals surface area contributed by atoms with Crippen molar-refractivity contribution >= 4 is 64.3 Å². The highest BCUT2D eigenvalue weighted by Gasteiger charge is 2.35. The summed E-state index contributed by atoms with van der Waals surface area (Å²) in [6.07, 6.45) is 8.67. The Morgan fingerprint density at radius 1 is 0.723 bits per heavy atom. The zero-order valence-corrected chi connectivity index (χ0v) is 36.7. The molecule has 0 bridgehead atoms. The summed E-state index contributed by atoms with van der Waals surface area (Å²) in [4.78, 5) is 65.4. The first-order valence-electron chi connectivity index (χ1n) is 21.4. The number of benzene rings is 4. The maximum atomic E-state index is 14.0. The largest absolute Gasteiger partial charge is 0.493 e. The van der Waals surface area contributed by atoms with E-state index in [-0.39, 0.29) is 60.7 Å². The Labute approximate surface area is 375 Å². The lowest BCUT2D eigenvalue weighted by atomic mass is 10.0. The highest BCUT2D eigenvalue weighted by molar-refractivity contribution is 6.06. The number of carbonyl (C=O) groups is 4. The Morgan fingerprint density at radius 2 is 1.20 bits per heavy atom. The smallest absolute Gasteiger partial charge is 0.260 e. The van der Waals surface area contributed by atoms with Crippen LogP contribution in [0.25, 0.3) is 11.1 Å². The number of nitrogens with one attached hydrogen (secondary N) is 2. The summed E-state index contributed by atoms with van der Waals surface area (Å²) >= 11 is 0. The van der Waals surface area contributed by atoms with Crippen molar-refractivity contribution in [3.8, 4) is 23.0 Å². The topological polar surface area (TPSA) is 186 Å². The zero-order valence-electron chi connectivity index (χ0n) is 36.7. The molecule has 65 heavy (non-hydrogen) atoms. The predicted molar refractivity (Wildman–Crippen MR) is 245 cm³/mol. The van der Waals surface area contributed by atoms with Gasteiger partial charge in [-0.05, 0) is 71.5 Å². The molecule has 0 aromatic heterocycles. The van der Waals surface area contributed by atoms with Gasteiger partial charge in [-0.2, -0.15) is 0 Å². The molecule has 4 amide bonds. The van der Waals surface area contributed by atoms with E-state index >= 15 is 0 Å². The number of nitrogens with zero attached hydrogens (tertiary/aromatic N) is 4. The van der Waals surface area contributed by atoms with Crippen LogP contribution in [0.3, 0.4) is 0 Å². The molecule has 8 rings (SSSR count). The summed E-state index contributed by atoms with van der Waals surface area (Å²) in [6, 6.07) is 18.1. The van der Waals surface area contributed by atoms with Gasteiger partial charge in [0.05, 0.1) is 68.1 Å². The molecule has 0 saturated heterocycles. The summed E-state index contributed by atoms with van der Waals surface area (Å²) in [6.45, 7) is 5.79. The van der Waals surface area contributed by atoms with E-state index in [0.29, 0.717) is 70.4 Å². The second kappa shape index (κ2) is 18.8. The zero-order chi connectivity index (χ0) is 45.9. The molecule has 4 heterocycles. The Hall–Kier alpha value is -7.33. The Kier molecular flexibility index (Phi) is 12.8. The van der Waals surface area contributed by atoms with Crippen LogP contribution in [0.5, 0.6) is 23.0 Å². The second-order valence-electron chi connectivity index (χ2n) is 16.5. The van der Waals surface area contributed by atoms with Crippen LogP contribution in [0.4, 0.5) is 21.5 Å². The summed E-state index contributed by atoms with van der Waals surface area (Å²) in [5.74, 6) is 0.000551. The SMILES string of the molecule is COc1cc2c(cc1OCCCOc1cc3c(cc1OC)C(=O)N1C=C(c4ccc(NC(=O)C(C)NC(=O)C(N)C(C)C)cc4)C[C@H]1C=N3)N=C[C@@H]1CC(c3ccc(F)cc3)=CN1C2=O. The molecule has 0 fully saturated rings. The normalized spacial score (nSPS) is 18.0. The van der Waals surface area contributed by atoms with E-state index in [9.17, 15) is 23.6 Å². The van der Waals surface area contributed by atoms with Gasteiger partial charge in [-0.25, -0.2) is 4.39 Å². The van der Waals surface area contributed by atoms with Crippen molar-refractivity contribution in [2.75, 3.05) is 32.8 Å². The minimum Gasteiger partial charge on any atom is -0.493 e. The number of ether oxygens (including phenoxy) is 4. The van der Waals surface area contributed by atoms with E-state index in [1.54, 1.807) is 83.9 Å². The minimum atomic E-state index is -0.780. The molecular formula is C49H50FN7O8. The van der Waals surface area contributed by atoms with Crippen molar-refractivity contribution in [1.82, 2.24) is 15.1 Å². The van der Waals surface area contributed by atoms with E-state index in [1.165, 1.54) is 26.4 Å². The number of amides is 4. The monoisotopic (exact) mass is 883 g/mol. The van der Waals surface area contributed by atoms with Crippen molar-refractivity contribution in [2.24, 2.45) is 21.6 Å². The second-order valence-corrected chi connectivity index (χ2v) is 16.5. The number of fused-ring (bicyclic) bond motifs is 4. The predicted octanol–water partition coefficient (Wildman–Crippen LogP) is 7.06. The van der Waals surface area contributed by atoms with Gasteiger partial charge in [-0.3, -0.25) is 29.2 Å². The van der Waals surface area contributed by atoms with E-state index < -0.39 is 12.1 Å². The van der Waals surface area contributed by atoms with Gasteiger partial charge in [0.2, 0.25) is 11.8 Å². The molecule has 0 spiro atoms. The summed E-state index contributed by atoms with van der Waals surface area (Å²) in [5, 5.41) is 5.48. The number of nitrogens with two attached hydrogens (primary N) is 1. The van der Waals surface area contributed by atoms with Gasteiger partial charge < -0.3 is 45.1 Å². The molecule has 2 unspecified atom stereocenters. The van der Waals surface area contributed by atoms with Crippen LogP contribution in [0.2, 0.25) is 0 Å². The number of anilines is 1. The van der Waals surface area contributed by atoms with Crippen molar-refractivity contribution in [2.45, 2.75) is 64.2 Å². The van der Waals surface area contributed by atoms with Crippen LogP contribution in [-0.2, 0) is 9.59 Å². The highest BCUT2D eigenvalue weighted by Crippen LogP contribution is 2.42. The first-order valence-corrected chi connectivity index (χ1v) is 21.4. The number of rotatable bonds is 15. The fraction of sp³-hybridized carbons (Fsp3) is 0.306. The molecule has 4 aliphatic rings. The molecule has 4 N–H and O–H groups in total. The van der Waals surface area contributed by atoms with Crippen molar-refractivity contribution in [3.63, 3.8) is 0 Å². The quantitative estimate of drug-likeness (QED) is 0.105. The summed E-state index contributed by atoms with van der Waals surface area (Å²) in [7, 11) is 3.01. The van der Waals surface area contributed by atoms with E-state index in [2.05, 4.69) is 15.6 Å². The number of aliphatic imine (C=N–C) groups is 2. The lowest BCUT2D eigenvalue weighted by Gasteiger charge is -2.19. The molecule has 4 aromatic carbocycles. The molecular weight excluding hydrogens is 834 g/mol. The minimum absolute atomic E-state index is 0.0627. The van der Waals surface area contributed by atoms with Crippen LogP contribution in [0.1, 0.15) is 71.9 Å². The van der Waals surface area contributed by atoms with Crippen LogP contribution in [0.15, 0.2) is 95.2 Å². The van der Waals surface area contributed by atoms with E-state index in [4.69, 9.17) is 29.7 Å². The summed E-state index contributed by atoms with van der Waals surface area (Å²) in [5.41, 5.74) is 11.7. The summed E-state index contributed by atoms with van der Waals surface area (Å²) < 4.78 is 37.0. The van der Waals surface area contributed by atoms with Crippen molar-refractivity contribution < 1.29 is 42.5 Å². The number of halogens is 1. The molecule has 4 atom stereocenters. The fourth-order valence-corrected chi connectivity index (χ4v) is 7.93. The highest BCUT2D eigenvalue weighted by atomic mass is 19.1. The number of carbonyl (C=O) groups excluding carboxylic acids is 4. The number of hydrogen-bond donors (Lipinski definition) is 3. The van der Waals surface area contributed by atoms with Gasteiger partial charge in [-0.1, -0.05) is 38.1 Å². The van der Waals surface area contributed by atoms with Crippen molar-refractivity contribution in [1.29, 1.82) is 0 Å². The third kappa shape index (κ3) is 9.34. The first-order chi connectivity index (χ1) is 31.3. The van der Waals surface area contributed by atoms with E-state index in [1.807, 2.05) is 32.2 Å². The fourth-order valence-electron chi connectivity index (χ4n) is 7.93. The molecule has 16 heteroatoms. The molecule has 15 nitrogen and oxygen atoms in total. The lowest BCUT2D eigenvalue weighted by molar-refractivity contribution is -0.127. The van der Waals surface area contributed by atoms with Gasteiger partial charge in [0.15, 0.2) is 23.0 Å². The van der Waals surface area contributed by atoms with Gasteiger partial charge in [-0.15, -0.1) is 0 Å². The molecule has 336 valence electrons. The van der Waals surface area contributed by atoms with E-state index in [0.717, 1.165) is 22.3 Å². The maximum absolute atomic E-state index is 14.0. The van der Waals surface area contributed by atoms with Crippen LogP contribution < -0.4 is 35.3 Å². The molecule has 0 radical (unpaired) electrons. The molecule has 4 aliphatic heterocycles. The lowest BCUT2D eigenvalue weighted by Crippen LogP contribution is -2.50. The van der Waals surface area contributed by atoms with Gasteiger partial charge in [0, 0.05) is 61.9 Å². The number of methoxy groups -OCH3 is 2. The molecule has 4 aromatic rings. The van der Waals surface area contributed by atoms with Crippen LogP contribution in [0, 0.1) is 11.7 Å². The average molecular weight is 884 g/mol. The Bertz CT molecular complexity index is 2640. The van der Waals surface area contributed by atoms with Gasteiger partial charge in [0.25, 0.3) is 11.8 Å². The molecule has 0 aliphatic carbocycles. The Balaban J connectivity index is 0.864. The average Bonchev–Trinajstić information content (AvgIpc) is 3.88. The third-order valence-electron chi connectivity index (χ3n) is 11.7. The third-order valence-corrected chi connectivity index (χ3v) is 11.7. The first kappa shape index (κ1) is 44.3. The van der Waals surface area contributed by atoms with Crippen molar-refractivity contribution in [3.05, 3.63) is 113 Å². The number of hydrogen-bond acceptors (Lipinski definition) is 11. The van der Waals surface area contributed by atoms with Crippen LogP contribution in [-0.4, -0.2) is 97.5 Å². The van der Waals surface area contributed by atoms with Crippen LogP contribution >= 0.6 is 0 Å².